The van der Waals surface area contributed by atoms with Gasteiger partial charge < -0.3 is 4.74 Å². The third-order valence-electron chi connectivity index (χ3n) is 6.27. The van der Waals surface area contributed by atoms with Gasteiger partial charge in [0.15, 0.2) is 0 Å². The van der Waals surface area contributed by atoms with E-state index < -0.39 is 7.92 Å². The van der Waals surface area contributed by atoms with Gasteiger partial charge in [0.05, 0.1) is 0 Å². The van der Waals surface area contributed by atoms with E-state index in [-0.39, 0.29) is 0 Å². The lowest BCUT2D eigenvalue weighted by atomic mass is 10.1. The minimum Gasteiger partial charge on any atom is -0.378 e. The topological polar surface area (TPSA) is 26.0 Å². The highest BCUT2D eigenvalue weighted by atomic mass is 31.1. The zero-order chi connectivity index (χ0) is 21.5. The van der Waals surface area contributed by atoms with Crippen LogP contribution in [-0.4, -0.2) is 37.7 Å². The van der Waals surface area contributed by atoms with Gasteiger partial charge in [0.1, 0.15) is 24.9 Å². The van der Waals surface area contributed by atoms with Crippen molar-refractivity contribution < 1.29 is 9.75 Å². The Morgan fingerprint density at radius 1 is 1.10 bits per heavy atom. The number of benzene rings is 2. The molecule has 1 fully saturated rings. The molecule has 162 valence electrons. The first-order chi connectivity index (χ1) is 15.3. The zero-order valence-electron chi connectivity index (χ0n) is 18.7. The molecule has 0 saturated carbocycles. The summed E-state index contributed by atoms with van der Waals surface area (Å²) in [6.07, 6.45) is 11.2. The second-order valence-electron chi connectivity index (χ2n) is 8.32. The molecule has 0 bridgehead atoms. The van der Waals surface area contributed by atoms with Gasteiger partial charge in [-0.05, 0) is 36.9 Å². The number of ether oxygens (including phenoxy) is 1. The van der Waals surface area contributed by atoms with Crippen LogP contribution in [0.4, 0.5) is 0 Å². The third-order valence-corrected chi connectivity index (χ3v) is 9.21. The van der Waals surface area contributed by atoms with Gasteiger partial charge in [-0.1, -0.05) is 90.9 Å². The molecule has 3 atom stereocenters. The Balaban J connectivity index is 1.78. The zero-order valence-corrected chi connectivity index (χ0v) is 19.6. The van der Waals surface area contributed by atoms with E-state index in [1.54, 1.807) is 0 Å². The van der Waals surface area contributed by atoms with Gasteiger partial charge in [-0.2, -0.15) is 0 Å². The monoisotopic (exact) mass is 433 g/mol. The molecule has 2 aromatic rings. The molecule has 31 heavy (non-hydrogen) atoms. The molecule has 1 N–H and O–H groups in total. The summed E-state index contributed by atoms with van der Waals surface area (Å²) >= 11 is 0. The van der Waals surface area contributed by atoms with Crippen LogP contribution in [0.3, 0.4) is 0 Å². The molecule has 1 aliphatic heterocycles. The van der Waals surface area contributed by atoms with Crippen LogP contribution in [0, 0.1) is 0 Å². The first-order valence-corrected chi connectivity index (χ1v) is 12.9. The van der Waals surface area contributed by atoms with Gasteiger partial charge in [-0.3, -0.25) is 0 Å². The van der Waals surface area contributed by atoms with E-state index >= 15 is 0 Å². The fourth-order valence-corrected chi connectivity index (χ4v) is 7.60. The summed E-state index contributed by atoms with van der Waals surface area (Å²) in [6.45, 7) is 4.21. The van der Waals surface area contributed by atoms with Crippen molar-refractivity contribution in [1.82, 2.24) is 0 Å². The Morgan fingerprint density at radius 3 is 2.32 bits per heavy atom. The number of hydrogen-bond donors (Lipinski definition) is 1. The summed E-state index contributed by atoms with van der Waals surface area (Å²) in [5.74, 6) is 0. The van der Waals surface area contributed by atoms with Crippen LogP contribution in [0.1, 0.15) is 32.6 Å². The lowest BCUT2D eigenvalue weighted by Crippen LogP contribution is -3.10. The van der Waals surface area contributed by atoms with E-state index in [1.807, 2.05) is 7.11 Å². The third kappa shape index (κ3) is 5.23. The summed E-state index contributed by atoms with van der Waals surface area (Å²) in [5.41, 5.74) is 3.09. The number of allylic oxidation sites excluding steroid dienone is 4. The summed E-state index contributed by atoms with van der Waals surface area (Å²) in [7, 11) is 1.25. The van der Waals surface area contributed by atoms with Crippen LogP contribution >= 0.6 is 7.92 Å². The van der Waals surface area contributed by atoms with E-state index in [4.69, 9.17) is 9.84 Å². The normalized spacial score (nSPS) is 22.2. The first kappa shape index (κ1) is 22.1. The van der Waals surface area contributed by atoms with E-state index in [1.165, 1.54) is 39.7 Å². The van der Waals surface area contributed by atoms with Crippen molar-refractivity contribution >= 4 is 24.2 Å². The first-order valence-electron chi connectivity index (χ1n) is 11.5. The average Bonchev–Trinajstić information content (AvgIpc) is 3.50. The highest BCUT2D eigenvalue weighted by Crippen LogP contribution is 2.43. The maximum atomic E-state index is 5.52. The second-order valence-corrected chi connectivity index (χ2v) is 10.7. The molecule has 4 rings (SSSR count). The van der Waals surface area contributed by atoms with Crippen molar-refractivity contribution in [1.29, 1.82) is 0 Å². The predicted molar refractivity (Wildman–Crippen MR) is 133 cm³/mol. The highest BCUT2D eigenvalue weighted by Gasteiger charge is 2.34. The van der Waals surface area contributed by atoms with E-state index in [2.05, 4.69) is 85.8 Å². The number of rotatable bonds is 9. The maximum Gasteiger partial charge on any atom is 0.135 e. The van der Waals surface area contributed by atoms with Gasteiger partial charge in [-0.15, -0.1) is 0 Å². The quantitative estimate of drug-likeness (QED) is 0.472. The number of quaternary nitrogens is 1. The number of nitrogens with zero attached hydrogens (tertiary/aromatic N) is 1. The van der Waals surface area contributed by atoms with Gasteiger partial charge in [0, 0.05) is 25.6 Å². The van der Waals surface area contributed by atoms with E-state index in [0.717, 1.165) is 26.0 Å². The van der Waals surface area contributed by atoms with E-state index in [9.17, 15) is 0 Å². The fourth-order valence-electron chi connectivity index (χ4n) is 4.76. The van der Waals surface area contributed by atoms with Crippen molar-refractivity contribution in [2.75, 3.05) is 20.3 Å². The van der Waals surface area contributed by atoms with Crippen molar-refractivity contribution in [2.45, 2.75) is 44.3 Å². The highest BCUT2D eigenvalue weighted by molar-refractivity contribution is 7.74. The predicted octanol–water partition coefficient (Wildman–Crippen LogP) is 3.83. The minimum absolute atomic E-state index is 0.391. The van der Waals surface area contributed by atoms with Gasteiger partial charge in [0.2, 0.25) is 0 Å². The molecule has 2 aliphatic rings. The minimum atomic E-state index is -0.556. The molecule has 0 aromatic heterocycles. The summed E-state index contributed by atoms with van der Waals surface area (Å²) in [4.78, 5) is 0. The molecule has 0 amide bonds. The Labute approximate surface area is 188 Å². The van der Waals surface area contributed by atoms with Crippen molar-refractivity contribution in [3.05, 3.63) is 84.5 Å². The summed E-state index contributed by atoms with van der Waals surface area (Å²) in [6, 6.07) is 22.6. The van der Waals surface area contributed by atoms with Crippen LogP contribution in [0.5, 0.6) is 0 Å². The molecule has 3 unspecified atom stereocenters. The molecule has 1 heterocycles. The SMILES string of the molecule is CCC(/C(=N\[NH+]1CCCC1COC)C1=CC=CC1)P(c1ccccc1)c1ccccc1. The van der Waals surface area contributed by atoms with Gasteiger partial charge >= 0.3 is 0 Å². The average molecular weight is 434 g/mol. The Morgan fingerprint density at radius 2 is 1.77 bits per heavy atom. The van der Waals surface area contributed by atoms with Gasteiger partial charge in [-0.25, -0.2) is 5.01 Å². The van der Waals surface area contributed by atoms with Crippen LogP contribution in [-0.2, 0) is 4.74 Å². The Bertz CT molecular complexity index is 883. The van der Waals surface area contributed by atoms with Crippen molar-refractivity contribution in [2.24, 2.45) is 5.10 Å². The second kappa shape index (κ2) is 11.0. The number of hydrogen-bond acceptors (Lipinski definition) is 2. The Kier molecular flexibility index (Phi) is 7.86. The molecule has 3 nitrogen and oxygen atoms in total. The lowest BCUT2D eigenvalue weighted by Gasteiger charge is -2.30. The molecule has 0 spiro atoms. The summed E-state index contributed by atoms with van der Waals surface area (Å²) in [5, 5.41) is 9.67. The number of methoxy groups -OCH3 is 1. The molecule has 2 aromatic carbocycles. The molecular formula is C27H34N2OP+. The smallest absolute Gasteiger partial charge is 0.135 e. The van der Waals surface area contributed by atoms with Crippen molar-refractivity contribution in [3.8, 4) is 0 Å². The largest absolute Gasteiger partial charge is 0.378 e. The molecule has 4 heteroatoms. The summed E-state index contributed by atoms with van der Waals surface area (Å²) < 4.78 is 5.52. The van der Waals surface area contributed by atoms with Crippen LogP contribution in [0.2, 0.25) is 0 Å². The van der Waals surface area contributed by atoms with E-state index in [0.29, 0.717) is 11.7 Å². The van der Waals surface area contributed by atoms with Crippen molar-refractivity contribution in [3.63, 3.8) is 0 Å². The number of nitrogens with one attached hydrogen (secondary N) is 1. The molecule has 1 aliphatic carbocycles. The van der Waals surface area contributed by atoms with Gasteiger partial charge in [0.25, 0.3) is 0 Å². The maximum absolute atomic E-state index is 5.52. The lowest BCUT2D eigenvalue weighted by molar-refractivity contribution is -0.919. The molecule has 0 radical (unpaired) electrons. The molecular weight excluding hydrogens is 399 g/mol. The van der Waals surface area contributed by atoms with Crippen LogP contribution < -0.4 is 15.6 Å². The standard InChI is InChI=1S/C27H33N2OP/c1-3-26(31(24-16-6-4-7-17-24)25-18-8-5-9-19-25)27(22-13-10-11-14-22)28-29-20-12-15-23(29)21-30-2/h4-11,13,16-19,23,26H,3,12,14-15,20-21H2,1-2H3/p+1/b28-27-. The fraction of sp³-hybridized carbons (Fsp3) is 0.370. The van der Waals surface area contributed by atoms with Crippen LogP contribution in [0.15, 0.2) is 89.6 Å². The Hall–Kier alpha value is -2.06. The van der Waals surface area contributed by atoms with Crippen LogP contribution in [0.25, 0.3) is 0 Å². The molecule has 1 saturated heterocycles.